The predicted molar refractivity (Wildman–Crippen MR) is 361 cm³/mol. The van der Waals surface area contributed by atoms with Crippen LogP contribution in [0.1, 0.15) is 72.6 Å². The lowest BCUT2D eigenvalue weighted by Gasteiger charge is -2.29. The van der Waals surface area contributed by atoms with E-state index in [0.717, 1.165) is 77.6 Å². The monoisotopic (exact) mass is 1350 g/mol. The maximum Gasteiger partial charge on any atom is 0.476 e. The van der Waals surface area contributed by atoms with Crippen molar-refractivity contribution < 1.29 is 85.2 Å². The fourth-order valence-corrected chi connectivity index (χ4v) is 12.6. The van der Waals surface area contributed by atoms with E-state index in [2.05, 4.69) is 53.8 Å². The quantitative estimate of drug-likeness (QED) is 0.0174. The summed E-state index contributed by atoms with van der Waals surface area (Å²) in [7, 11) is -8.36. The zero-order chi connectivity index (χ0) is 66.0. The first-order valence-electron chi connectivity index (χ1n) is 29.8. The smallest absolute Gasteiger partial charge is 0.476 e. The number of pyridine rings is 2. The van der Waals surface area contributed by atoms with Gasteiger partial charge in [0, 0.05) is 89.5 Å². The Morgan fingerprint density at radius 1 is 0.641 bits per heavy atom. The molecule has 6 heterocycles. The number of aliphatic hydroxyl groups excluding tert-OH is 3. The highest BCUT2D eigenvalue weighted by Gasteiger charge is 2.34. The number of phosphoric ester groups is 2. The summed E-state index contributed by atoms with van der Waals surface area (Å²) in [5, 5.41) is 27.6. The van der Waals surface area contributed by atoms with Crippen molar-refractivity contribution in [3.63, 3.8) is 0 Å². The predicted octanol–water partition coefficient (Wildman–Crippen LogP) is 8.52. The number of para-hydroxylation sites is 2. The minimum atomic E-state index is -4.98. The van der Waals surface area contributed by atoms with Gasteiger partial charge >= 0.3 is 7.82 Å². The number of amides is 4. The van der Waals surface area contributed by atoms with Crippen molar-refractivity contribution in [3.8, 4) is 0 Å². The lowest BCUT2D eigenvalue weighted by molar-refractivity contribution is -0.901. The SMILES string of the molecule is C.C.Cc1c(CN(C)C(=O)/C=C/c2cnc3c(c2)CCC(=O)N3COP(=O)(OCC[Si](C)(C)C)OCC[Si](C)(C)C)oc2ccccc12.Cc1c(CN(C)C(=O)/C=C/c2cnc3c(c2)CCC(=O)N3COP(=O)([O-])O)oc2ccccc12.OCC[NH+](CCO)CCO. The Hall–Kier alpha value is -6.33. The molecule has 0 spiro atoms. The summed E-state index contributed by atoms with van der Waals surface area (Å²) in [6, 6.07) is 20.8. The molecular formula is C64H95N7O17P2Si2. The first-order valence-corrected chi connectivity index (χ1v) is 40.1. The zero-order valence-corrected chi connectivity index (χ0v) is 56.9. The van der Waals surface area contributed by atoms with Crippen molar-refractivity contribution >= 4 is 101 Å². The van der Waals surface area contributed by atoms with Crippen molar-refractivity contribution in [1.29, 1.82) is 0 Å². The highest BCUT2D eigenvalue weighted by molar-refractivity contribution is 7.48. The third-order valence-corrected chi connectivity index (χ3v) is 20.1. The van der Waals surface area contributed by atoms with Gasteiger partial charge in [-0.15, -0.1) is 0 Å². The van der Waals surface area contributed by atoms with Gasteiger partial charge < -0.3 is 48.6 Å². The molecule has 4 amide bonds. The Bertz CT molecular complexity index is 3540. The third-order valence-electron chi connectivity index (χ3n) is 14.8. The molecule has 0 aliphatic carbocycles. The molecule has 1 unspecified atom stereocenters. The number of nitrogens with zero attached hydrogens (tertiary/aromatic N) is 6. The van der Waals surface area contributed by atoms with E-state index < -0.39 is 38.5 Å². The highest BCUT2D eigenvalue weighted by Crippen LogP contribution is 2.51. The standard InChI is InChI=1S/C33H48N3O7PSi2.C23H24N3O7P.C6H15NO3.2CH4/c1-25-28-11-9-10-12-29(28)43-30(25)23-35(2)31(37)15-13-26-21-27-14-16-32(38)36(33(27)34-22-26)24-42-44(39,40-17-19-45(3,4)5)41-18-20-46(6,7)8;1-15-18-5-3-4-6-19(18)33-20(15)13-25(2)21(27)9-7-16-11-17-8-10-22(28)26(23(17)24-12-16)14-32-34(29,30)31;8-4-1-7(2-5-9)3-6-10;;/h9-13,15,21-22H,14,16-20,23-24H2,1-8H3;3-7,9,11-12H,8,10,13-14H2,1-2H3,(H2,29,30,31);8-10H,1-6H2;2*1H4/b15-13+;9-7+;;;. The summed E-state index contributed by atoms with van der Waals surface area (Å²) in [6.45, 7) is 19.6. The van der Waals surface area contributed by atoms with Gasteiger partial charge in [-0.3, -0.25) is 51.6 Å². The van der Waals surface area contributed by atoms with E-state index in [9.17, 15) is 33.2 Å². The van der Waals surface area contributed by atoms with Crippen LogP contribution in [0, 0.1) is 13.8 Å². The number of rotatable bonds is 28. The van der Waals surface area contributed by atoms with E-state index in [-0.39, 0.29) is 96.9 Å². The number of likely N-dealkylation sites (N-methyl/N-ethyl adjacent to an activating group) is 2. The molecule has 0 fully saturated rings. The zero-order valence-electron chi connectivity index (χ0n) is 53.1. The lowest BCUT2D eigenvalue weighted by Crippen LogP contribution is -3.13. The van der Waals surface area contributed by atoms with Crippen LogP contribution in [0.2, 0.25) is 51.4 Å². The average Bonchev–Trinajstić information content (AvgIpc) is 0.858. The minimum absolute atomic E-state index is 0. The second-order valence-electron chi connectivity index (χ2n) is 24.4. The largest absolute Gasteiger partial charge is 0.756 e. The van der Waals surface area contributed by atoms with Crippen LogP contribution in [-0.2, 0) is 72.3 Å². The molecule has 28 heteroatoms. The Labute approximate surface area is 542 Å². The number of phosphoric acid groups is 2. The van der Waals surface area contributed by atoms with Crippen LogP contribution in [0.15, 0.2) is 94.0 Å². The van der Waals surface area contributed by atoms with Gasteiger partial charge in [0.1, 0.15) is 67.4 Å². The number of aromatic nitrogens is 2. The Morgan fingerprint density at radius 3 is 1.38 bits per heavy atom. The first kappa shape index (κ1) is 78.1. The number of quaternary nitrogens is 1. The molecular weight excluding hydrogens is 1260 g/mol. The van der Waals surface area contributed by atoms with Gasteiger partial charge in [0.2, 0.25) is 23.6 Å². The first-order chi connectivity index (χ1) is 42.5. The summed E-state index contributed by atoms with van der Waals surface area (Å²) in [5.41, 5.74) is 6.50. The molecule has 8 rings (SSSR count). The van der Waals surface area contributed by atoms with Crippen molar-refractivity contribution in [2.45, 2.75) is 119 Å². The second kappa shape index (κ2) is 35.8. The lowest BCUT2D eigenvalue weighted by atomic mass is 10.0. The Morgan fingerprint density at radius 2 is 1.02 bits per heavy atom. The molecule has 0 bridgehead atoms. The van der Waals surface area contributed by atoms with E-state index >= 15 is 0 Å². The maximum absolute atomic E-state index is 13.6. The summed E-state index contributed by atoms with van der Waals surface area (Å²) in [5.74, 6) is 1.21. The molecule has 2 aromatic carbocycles. The van der Waals surface area contributed by atoms with E-state index in [0.29, 0.717) is 62.5 Å². The number of hydrogen-bond acceptors (Lipinski definition) is 18. The summed E-state index contributed by atoms with van der Waals surface area (Å²) < 4.78 is 58.0. The van der Waals surface area contributed by atoms with E-state index in [4.69, 9.17) is 42.6 Å². The number of carbonyl (C=O) groups is 4. The topological polar surface area (TPSA) is 313 Å². The molecule has 1 atom stereocenters. The van der Waals surface area contributed by atoms with Gasteiger partial charge in [-0.25, -0.2) is 14.5 Å². The van der Waals surface area contributed by atoms with E-state index in [1.54, 1.807) is 48.3 Å². The van der Waals surface area contributed by atoms with Crippen molar-refractivity contribution in [2.24, 2.45) is 0 Å². The van der Waals surface area contributed by atoms with Crippen LogP contribution >= 0.6 is 15.6 Å². The molecule has 2 aliphatic heterocycles. The molecule has 2 aliphatic rings. The number of hydrogen-bond donors (Lipinski definition) is 5. The maximum atomic E-state index is 13.6. The van der Waals surface area contributed by atoms with Gasteiger partial charge in [-0.05, 0) is 97.4 Å². The molecule has 24 nitrogen and oxygen atoms in total. The number of nitrogens with one attached hydrogen (secondary N) is 1. The van der Waals surface area contributed by atoms with Gasteiger partial charge in [0.15, 0.2) is 0 Å². The molecule has 6 aromatic rings. The van der Waals surface area contributed by atoms with Gasteiger partial charge in [-0.1, -0.05) is 90.5 Å². The van der Waals surface area contributed by atoms with Crippen LogP contribution < -0.4 is 19.6 Å². The Balaban J connectivity index is 0.000000344. The molecule has 4 aromatic heterocycles. The molecule has 0 saturated carbocycles. The summed E-state index contributed by atoms with van der Waals surface area (Å²) in [4.78, 5) is 85.7. The van der Waals surface area contributed by atoms with Crippen LogP contribution in [0.3, 0.4) is 0 Å². The number of benzene rings is 2. The van der Waals surface area contributed by atoms with Crippen molar-refractivity contribution in [2.75, 3.05) is 90.0 Å². The molecule has 506 valence electrons. The fraction of sp³-hybridized carbons (Fsp3) is 0.469. The van der Waals surface area contributed by atoms with Gasteiger partial charge in [-0.2, -0.15) is 0 Å². The van der Waals surface area contributed by atoms with Gasteiger partial charge in [0.25, 0.3) is 7.82 Å². The number of fused-ring (bicyclic) bond motifs is 4. The normalized spacial score (nSPS) is 14.1. The van der Waals surface area contributed by atoms with Crippen molar-refractivity contribution in [3.05, 3.63) is 130 Å². The molecule has 5 N–H and O–H groups in total. The third kappa shape index (κ3) is 23.9. The van der Waals surface area contributed by atoms with Crippen LogP contribution in [0.25, 0.3) is 34.1 Å². The van der Waals surface area contributed by atoms with Crippen LogP contribution in [0.4, 0.5) is 11.6 Å². The van der Waals surface area contributed by atoms with Crippen molar-refractivity contribution in [1.82, 2.24) is 19.8 Å². The molecule has 0 radical (unpaired) electrons. The average molecular weight is 1350 g/mol. The minimum Gasteiger partial charge on any atom is -0.756 e. The molecule has 92 heavy (non-hydrogen) atoms. The van der Waals surface area contributed by atoms with Crippen LogP contribution in [0.5, 0.6) is 0 Å². The molecule has 0 saturated heterocycles. The van der Waals surface area contributed by atoms with Crippen LogP contribution in [-0.4, -0.2) is 160 Å². The Kier molecular flexibility index (Phi) is 30.4. The van der Waals surface area contributed by atoms with Gasteiger partial charge in [0.05, 0.1) is 46.1 Å². The van der Waals surface area contributed by atoms with E-state index in [1.807, 2.05) is 68.4 Å². The summed E-state index contributed by atoms with van der Waals surface area (Å²) >= 11 is 0. The van der Waals surface area contributed by atoms with E-state index in [1.165, 1.54) is 23.2 Å². The number of aryl methyl sites for hydroxylation is 4. The second-order valence-corrected chi connectivity index (χ2v) is 38.5. The number of anilines is 2. The summed E-state index contributed by atoms with van der Waals surface area (Å²) in [6.07, 6.45) is 10.6. The number of carbonyl (C=O) groups excluding carboxylic acids is 4. The number of aliphatic hydroxyl groups is 3. The highest BCUT2D eigenvalue weighted by atomic mass is 31.2. The fourth-order valence-electron chi connectivity index (χ4n) is 9.41. The number of furan rings is 2.